The van der Waals surface area contributed by atoms with Crippen molar-refractivity contribution in [2.45, 2.75) is 13.8 Å². The van der Waals surface area contributed by atoms with Crippen molar-refractivity contribution in [3.05, 3.63) is 17.3 Å². The topological polar surface area (TPSA) is 29.0 Å². The molecule has 1 aromatic heterocycles. The van der Waals surface area contributed by atoms with E-state index in [1.807, 2.05) is 6.07 Å². The van der Waals surface area contributed by atoms with Crippen LogP contribution in [0.5, 0.6) is 0 Å². The van der Waals surface area contributed by atoms with E-state index in [4.69, 9.17) is 11.6 Å². The molecule has 76 valence electrons. The lowest BCUT2D eigenvalue weighted by Gasteiger charge is -2.15. The fourth-order valence-electron chi connectivity index (χ4n) is 1.79. The first-order valence-electron chi connectivity index (χ1n) is 4.91. The van der Waals surface area contributed by atoms with E-state index in [0.29, 0.717) is 5.15 Å². The zero-order chi connectivity index (χ0) is 10.1. The zero-order valence-electron chi connectivity index (χ0n) is 8.44. The Morgan fingerprint density at radius 3 is 2.36 bits per heavy atom. The summed E-state index contributed by atoms with van der Waals surface area (Å²) < 4.78 is 0. The van der Waals surface area contributed by atoms with Crippen LogP contribution < -0.4 is 4.90 Å². The average Bonchev–Trinajstić information content (AvgIpc) is 2.48. The normalized spacial score (nSPS) is 26.9. The van der Waals surface area contributed by atoms with Crippen LogP contribution in [0.15, 0.2) is 12.1 Å². The molecule has 0 aliphatic carbocycles. The third-order valence-electron chi connectivity index (χ3n) is 2.93. The second-order valence-electron chi connectivity index (χ2n) is 4.07. The molecule has 14 heavy (non-hydrogen) atoms. The molecule has 0 aromatic carbocycles. The first kappa shape index (κ1) is 9.71. The molecule has 0 spiro atoms. The minimum Gasteiger partial charge on any atom is -0.355 e. The van der Waals surface area contributed by atoms with E-state index in [0.717, 1.165) is 30.7 Å². The van der Waals surface area contributed by atoms with Gasteiger partial charge in [0, 0.05) is 13.1 Å². The summed E-state index contributed by atoms with van der Waals surface area (Å²) in [6.07, 6.45) is 0. The molecule has 0 radical (unpaired) electrons. The number of nitrogens with zero attached hydrogens (tertiary/aromatic N) is 3. The van der Waals surface area contributed by atoms with E-state index in [2.05, 4.69) is 28.9 Å². The maximum atomic E-state index is 5.68. The molecule has 0 N–H and O–H groups in total. The van der Waals surface area contributed by atoms with Crippen molar-refractivity contribution in [3.63, 3.8) is 0 Å². The molecule has 2 rings (SSSR count). The van der Waals surface area contributed by atoms with E-state index in [9.17, 15) is 0 Å². The molecule has 0 amide bonds. The predicted octanol–water partition coefficient (Wildman–Crippen LogP) is 2.22. The zero-order valence-corrected chi connectivity index (χ0v) is 9.20. The standard InChI is InChI=1S/C10H14ClN3/c1-7-5-14(6-8(7)2)10-4-3-9(11)12-13-10/h3-4,7-8H,5-6H2,1-2H3. The Bertz CT molecular complexity index is 302. The molecule has 1 aromatic rings. The van der Waals surface area contributed by atoms with Gasteiger partial charge in [0.05, 0.1) is 0 Å². The van der Waals surface area contributed by atoms with Gasteiger partial charge >= 0.3 is 0 Å². The lowest BCUT2D eigenvalue weighted by atomic mass is 10.0. The number of hydrogen-bond donors (Lipinski definition) is 0. The second kappa shape index (κ2) is 3.73. The molecule has 1 saturated heterocycles. The summed E-state index contributed by atoms with van der Waals surface area (Å²) >= 11 is 5.68. The van der Waals surface area contributed by atoms with Gasteiger partial charge in [-0.1, -0.05) is 25.4 Å². The quantitative estimate of drug-likeness (QED) is 0.714. The number of halogens is 1. The van der Waals surface area contributed by atoms with Gasteiger partial charge in [-0.3, -0.25) is 0 Å². The fourth-order valence-corrected chi connectivity index (χ4v) is 1.90. The molecule has 2 unspecified atom stereocenters. The smallest absolute Gasteiger partial charge is 0.151 e. The van der Waals surface area contributed by atoms with Gasteiger partial charge in [0.2, 0.25) is 0 Å². The van der Waals surface area contributed by atoms with Crippen molar-refractivity contribution in [1.82, 2.24) is 10.2 Å². The van der Waals surface area contributed by atoms with Crippen molar-refractivity contribution < 1.29 is 0 Å². The molecule has 1 fully saturated rings. The van der Waals surface area contributed by atoms with Crippen LogP contribution in [0.1, 0.15) is 13.8 Å². The monoisotopic (exact) mass is 211 g/mol. The molecule has 0 saturated carbocycles. The van der Waals surface area contributed by atoms with Crippen molar-refractivity contribution in [2.24, 2.45) is 11.8 Å². The number of hydrogen-bond acceptors (Lipinski definition) is 3. The lowest BCUT2D eigenvalue weighted by molar-refractivity contribution is 0.494. The molecule has 1 aliphatic heterocycles. The first-order valence-corrected chi connectivity index (χ1v) is 5.29. The van der Waals surface area contributed by atoms with E-state index in [1.165, 1.54) is 0 Å². The predicted molar refractivity (Wildman–Crippen MR) is 57.6 cm³/mol. The van der Waals surface area contributed by atoms with Gasteiger partial charge in [0.1, 0.15) is 0 Å². The number of anilines is 1. The molecular weight excluding hydrogens is 198 g/mol. The van der Waals surface area contributed by atoms with Crippen LogP contribution in [0.25, 0.3) is 0 Å². The molecule has 2 atom stereocenters. The Morgan fingerprint density at radius 1 is 1.21 bits per heavy atom. The maximum absolute atomic E-state index is 5.68. The summed E-state index contributed by atoms with van der Waals surface area (Å²) in [7, 11) is 0. The Kier molecular flexibility index (Phi) is 2.59. The van der Waals surface area contributed by atoms with Gasteiger partial charge in [0.25, 0.3) is 0 Å². The van der Waals surface area contributed by atoms with Crippen LogP contribution in [-0.2, 0) is 0 Å². The summed E-state index contributed by atoms with van der Waals surface area (Å²) in [6, 6.07) is 3.72. The summed E-state index contributed by atoms with van der Waals surface area (Å²) in [5, 5.41) is 8.37. The van der Waals surface area contributed by atoms with Crippen molar-refractivity contribution in [2.75, 3.05) is 18.0 Å². The van der Waals surface area contributed by atoms with Crippen LogP contribution in [0, 0.1) is 11.8 Å². The highest BCUT2D eigenvalue weighted by molar-refractivity contribution is 6.29. The van der Waals surface area contributed by atoms with E-state index in [-0.39, 0.29) is 0 Å². The third kappa shape index (κ3) is 1.82. The second-order valence-corrected chi connectivity index (χ2v) is 4.46. The molecule has 2 heterocycles. The van der Waals surface area contributed by atoms with Crippen LogP contribution in [0.4, 0.5) is 5.82 Å². The van der Waals surface area contributed by atoms with Crippen molar-refractivity contribution in [1.29, 1.82) is 0 Å². The SMILES string of the molecule is CC1CN(c2ccc(Cl)nn2)CC1C. The van der Waals surface area contributed by atoms with Crippen LogP contribution in [0.3, 0.4) is 0 Å². The fraction of sp³-hybridized carbons (Fsp3) is 0.600. The highest BCUT2D eigenvalue weighted by Gasteiger charge is 2.26. The van der Waals surface area contributed by atoms with Crippen LogP contribution in [0.2, 0.25) is 5.15 Å². The van der Waals surface area contributed by atoms with Gasteiger partial charge < -0.3 is 4.90 Å². The van der Waals surface area contributed by atoms with Gasteiger partial charge in [-0.2, -0.15) is 0 Å². The summed E-state index contributed by atoms with van der Waals surface area (Å²) in [4.78, 5) is 2.26. The average molecular weight is 212 g/mol. The van der Waals surface area contributed by atoms with Gasteiger partial charge in [-0.05, 0) is 24.0 Å². The highest BCUT2D eigenvalue weighted by atomic mass is 35.5. The summed E-state index contributed by atoms with van der Waals surface area (Å²) in [5.41, 5.74) is 0. The summed E-state index contributed by atoms with van der Waals surface area (Å²) in [5.74, 6) is 2.39. The van der Waals surface area contributed by atoms with E-state index >= 15 is 0 Å². The van der Waals surface area contributed by atoms with E-state index in [1.54, 1.807) is 6.07 Å². The summed E-state index contributed by atoms with van der Waals surface area (Å²) in [6.45, 7) is 6.68. The minimum absolute atomic E-state index is 0.453. The molecule has 3 nitrogen and oxygen atoms in total. The Balaban J connectivity index is 2.13. The first-order chi connectivity index (χ1) is 6.66. The van der Waals surface area contributed by atoms with Crippen molar-refractivity contribution in [3.8, 4) is 0 Å². The van der Waals surface area contributed by atoms with Crippen molar-refractivity contribution >= 4 is 17.4 Å². The third-order valence-corrected chi connectivity index (χ3v) is 3.13. The van der Waals surface area contributed by atoms with E-state index < -0.39 is 0 Å². The molecule has 4 heteroatoms. The lowest BCUT2D eigenvalue weighted by Crippen LogP contribution is -2.20. The minimum atomic E-state index is 0.453. The maximum Gasteiger partial charge on any atom is 0.151 e. The van der Waals surface area contributed by atoms with Gasteiger partial charge in [-0.25, -0.2) is 0 Å². The number of aromatic nitrogens is 2. The van der Waals surface area contributed by atoms with Gasteiger partial charge in [-0.15, -0.1) is 10.2 Å². The number of rotatable bonds is 1. The van der Waals surface area contributed by atoms with Gasteiger partial charge in [0.15, 0.2) is 11.0 Å². The van der Waals surface area contributed by atoms with Crippen LogP contribution >= 0.6 is 11.6 Å². The Morgan fingerprint density at radius 2 is 1.86 bits per heavy atom. The highest BCUT2D eigenvalue weighted by Crippen LogP contribution is 2.26. The molecule has 0 bridgehead atoms. The molecular formula is C10H14ClN3. The Hall–Kier alpha value is -0.830. The van der Waals surface area contributed by atoms with Crippen LogP contribution in [-0.4, -0.2) is 23.3 Å². The molecule has 1 aliphatic rings. The largest absolute Gasteiger partial charge is 0.355 e. The Labute approximate surface area is 89.1 Å².